The fourth-order valence-corrected chi connectivity index (χ4v) is 2.36. The van der Waals surface area contributed by atoms with E-state index in [1.165, 1.54) is 0 Å². The number of rotatable bonds is 4. The van der Waals surface area contributed by atoms with E-state index in [2.05, 4.69) is 4.98 Å². The van der Waals surface area contributed by atoms with E-state index >= 15 is 0 Å². The summed E-state index contributed by atoms with van der Waals surface area (Å²) in [4.78, 5) is 17.2. The van der Waals surface area contributed by atoms with Crippen molar-refractivity contribution in [2.75, 3.05) is 18.6 Å². The maximum atomic E-state index is 11.8. The Morgan fingerprint density at radius 3 is 2.60 bits per heavy atom. The molecule has 0 fully saturated rings. The van der Waals surface area contributed by atoms with Crippen molar-refractivity contribution in [3.05, 3.63) is 35.8 Å². The molecule has 0 atom stereocenters. The number of carbonyl (C=O) groups is 1. The summed E-state index contributed by atoms with van der Waals surface area (Å²) in [5.41, 5.74) is 7.07. The predicted octanol–water partition coefficient (Wildman–Crippen LogP) is 2.66. The van der Waals surface area contributed by atoms with Crippen molar-refractivity contribution < 1.29 is 9.53 Å². The molecule has 1 aromatic heterocycles. The maximum absolute atomic E-state index is 11.8. The van der Waals surface area contributed by atoms with E-state index in [0.717, 1.165) is 10.6 Å². The Hall–Kier alpha value is -1.95. The van der Waals surface area contributed by atoms with Crippen molar-refractivity contribution in [1.29, 1.82) is 0 Å². The third kappa shape index (κ3) is 2.65. The smallest absolute Gasteiger partial charge is 0.360 e. The fourth-order valence-electron chi connectivity index (χ4n) is 1.96. The highest BCUT2D eigenvalue weighted by atomic mass is 32.2. The molecule has 0 aliphatic carbocycles. The van der Waals surface area contributed by atoms with E-state index in [4.69, 9.17) is 10.5 Å². The number of imidazole rings is 1. The van der Waals surface area contributed by atoms with Crippen molar-refractivity contribution in [3.63, 3.8) is 0 Å². The standard InChI is InChI=1S/C14H17N3O2S/c1-4-19-14(18)12-13(15)17(9(2)16-12)10-5-7-11(20-3)8-6-10/h5-8H,4,15H2,1-3H3. The minimum Gasteiger partial charge on any atom is -0.461 e. The van der Waals surface area contributed by atoms with Gasteiger partial charge in [-0.3, -0.25) is 4.57 Å². The zero-order valence-electron chi connectivity index (χ0n) is 11.7. The number of hydrogen-bond acceptors (Lipinski definition) is 5. The average molecular weight is 291 g/mol. The summed E-state index contributed by atoms with van der Waals surface area (Å²) in [6, 6.07) is 7.91. The minimum absolute atomic E-state index is 0.165. The lowest BCUT2D eigenvalue weighted by molar-refractivity contribution is 0.0521. The van der Waals surface area contributed by atoms with Crippen LogP contribution in [0.2, 0.25) is 0 Å². The molecule has 0 spiro atoms. The molecule has 5 nitrogen and oxygen atoms in total. The molecular weight excluding hydrogens is 274 g/mol. The third-order valence-corrected chi connectivity index (χ3v) is 3.62. The van der Waals surface area contributed by atoms with Crippen LogP contribution in [0.1, 0.15) is 23.2 Å². The monoisotopic (exact) mass is 291 g/mol. The minimum atomic E-state index is -0.493. The lowest BCUT2D eigenvalue weighted by Crippen LogP contribution is -2.09. The molecule has 106 valence electrons. The van der Waals surface area contributed by atoms with Gasteiger partial charge in [-0.25, -0.2) is 9.78 Å². The lowest BCUT2D eigenvalue weighted by Gasteiger charge is -2.08. The van der Waals surface area contributed by atoms with Crippen LogP contribution in [-0.4, -0.2) is 28.4 Å². The number of nitrogens with zero attached hydrogens (tertiary/aromatic N) is 2. The van der Waals surface area contributed by atoms with Gasteiger partial charge in [0.15, 0.2) is 5.69 Å². The Morgan fingerprint density at radius 1 is 1.40 bits per heavy atom. The molecule has 0 aliphatic heterocycles. The number of nitrogens with two attached hydrogens (primary N) is 1. The van der Waals surface area contributed by atoms with Crippen LogP contribution < -0.4 is 5.73 Å². The highest BCUT2D eigenvalue weighted by Crippen LogP contribution is 2.23. The molecule has 2 aromatic rings. The number of aryl methyl sites for hydroxylation is 1. The van der Waals surface area contributed by atoms with Gasteiger partial charge in [0.1, 0.15) is 11.6 Å². The molecule has 1 aromatic carbocycles. The molecule has 0 bridgehead atoms. The number of ether oxygens (including phenoxy) is 1. The van der Waals surface area contributed by atoms with Crippen LogP contribution in [-0.2, 0) is 4.74 Å². The summed E-state index contributed by atoms with van der Waals surface area (Å²) in [6.45, 7) is 3.85. The van der Waals surface area contributed by atoms with E-state index in [1.807, 2.05) is 37.4 Å². The topological polar surface area (TPSA) is 70.1 Å². The zero-order chi connectivity index (χ0) is 14.7. The van der Waals surface area contributed by atoms with Crippen LogP contribution in [0, 0.1) is 6.92 Å². The maximum Gasteiger partial charge on any atom is 0.360 e. The first-order chi connectivity index (χ1) is 9.58. The van der Waals surface area contributed by atoms with Gasteiger partial charge in [0, 0.05) is 10.6 Å². The van der Waals surface area contributed by atoms with E-state index in [-0.39, 0.29) is 5.69 Å². The summed E-state index contributed by atoms with van der Waals surface area (Å²) in [6.07, 6.45) is 2.02. The van der Waals surface area contributed by atoms with Gasteiger partial charge in [0.2, 0.25) is 0 Å². The van der Waals surface area contributed by atoms with Crippen LogP contribution in [0.5, 0.6) is 0 Å². The molecule has 20 heavy (non-hydrogen) atoms. The van der Waals surface area contributed by atoms with Gasteiger partial charge < -0.3 is 10.5 Å². The van der Waals surface area contributed by atoms with Gasteiger partial charge in [0.25, 0.3) is 0 Å². The predicted molar refractivity (Wildman–Crippen MR) is 80.5 cm³/mol. The van der Waals surface area contributed by atoms with Crippen LogP contribution >= 0.6 is 11.8 Å². The molecular formula is C14H17N3O2S. The molecule has 1 heterocycles. The quantitative estimate of drug-likeness (QED) is 0.692. The third-order valence-electron chi connectivity index (χ3n) is 2.88. The Bertz CT molecular complexity index is 620. The van der Waals surface area contributed by atoms with Gasteiger partial charge in [-0.2, -0.15) is 0 Å². The molecule has 6 heteroatoms. The van der Waals surface area contributed by atoms with Gasteiger partial charge in [-0.15, -0.1) is 11.8 Å². The second-order valence-corrected chi connectivity index (χ2v) is 5.03. The number of esters is 1. The number of thioether (sulfide) groups is 1. The average Bonchev–Trinajstić information content (AvgIpc) is 2.75. The highest BCUT2D eigenvalue weighted by molar-refractivity contribution is 7.98. The Morgan fingerprint density at radius 2 is 2.05 bits per heavy atom. The second kappa shape index (κ2) is 6.00. The van der Waals surface area contributed by atoms with Crippen molar-refractivity contribution >= 4 is 23.5 Å². The fraction of sp³-hybridized carbons (Fsp3) is 0.286. The van der Waals surface area contributed by atoms with Crippen LogP contribution in [0.4, 0.5) is 5.82 Å². The second-order valence-electron chi connectivity index (χ2n) is 4.15. The number of carbonyl (C=O) groups excluding carboxylic acids is 1. The van der Waals surface area contributed by atoms with E-state index in [9.17, 15) is 4.79 Å². The Labute approximate surface area is 122 Å². The van der Waals surface area contributed by atoms with Crippen molar-refractivity contribution in [1.82, 2.24) is 9.55 Å². The van der Waals surface area contributed by atoms with E-state index < -0.39 is 5.97 Å². The molecule has 0 radical (unpaired) electrons. The van der Waals surface area contributed by atoms with E-state index in [1.54, 1.807) is 23.3 Å². The number of aromatic nitrogens is 2. The van der Waals surface area contributed by atoms with Gasteiger partial charge in [-0.05, 0) is 44.4 Å². The highest BCUT2D eigenvalue weighted by Gasteiger charge is 2.20. The van der Waals surface area contributed by atoms with Crippen molar-refractivity contribution in [2.45, 2.75) is 18.7 Å². The van der Waals surface area contributed by atoms with E-state index in [0.29, 0.717) is 18.2 Å². The molecule has 0 amide bonds. The summed E-state index contributed by atoms with van der Waals surface area (Å²) < 4.78 is 6.70. The first-order valence-electron chi connectivity index (χ1n) is 6.24. The zero-order valence-corrected chi connectivity index (χ0v) is 12.5. The van der Waals surface area contributed by atoms with Crippen molar-refractivity contribution in [2.24, 2.45) is 0 Å². The normalized spacial score (nSPS) is 10.6. The van der Waals surface area contributed by atoms with Crippen LogP contribution in [0.15, 0.2) is 29.2 Å². The number of nitrogen functional groups attached to an aromatic ring is 1. The molecule has 0 unspecified atom stereocenters. The molecule has 2 N–H and O–H groups in total. The Kier molecular flexibility index (Phi) is 4.34. The van der Waals surface area contributed by atoms with Gasteiger partial charge in [-0.1, -0.05) is 0 Å². The summed E-state index contributed by atoms with van der Waals surface area (Å²) >= 11 is 1.67. The van der Waals surface area contributed by atoms with Crippen LogP contribution in [0.3, 0.4) is 0 Å². The number of hydrogen-bond donors (Lipinski definition) is 1. The SMILES string of the molecule is CCOC(=O)c1nc(C)n(-c2ccc(SC)cc2)c1N. The molecule has 0 saturated carbocycles. The molecule has 2 rings (SSSR count). The number of anilines is 1. The van der Waals surface area contributed by atoms with Gasteiger partial charge in [0.05, 0.1) is 6.61 Å². The summed E-state index contributed by atoms with van der Waals surface area (Å²) in [5.74, 6) is 0.466. The van der Waals surface area contributed by atoms with Gasteiger partial charge >= 0.3 is 5.97 Å². The molecule has 0 saturated heterocycles. The number of benzene rings is 1. The summed E-state index contributed by atoms with van der Waals surface area (Å²) in [7, 11) is 0. The van der Waals surface area contributed by atoms with Crippen LogP contribution in [0.25, 0.3) is 5.69 Å². The largest absolute Gasteiger partial charge is 0.461 e. The Balaban J connectivity index is 2.43. The molecule has 0 aliphatic rings. The first kappa shape index (κ1) is 14.5. The van der Waals surface area contributed by atoms with Crippen molar-refractivity contribution in [3.8, 4) is 5.69 Å². The lowest BCUT2D eigenvalue weighted by atomic mass is 10.3. The first-order valence-corrected chi connectivity index (χ1v) is 7.47. The summed E-state index contributed by atoms with van der Waals surface area (Å²) in [5, 5.41) is 0.